The molecule has 5 heterocycles. The molecule has 2 aliphatic heterocycles. The molecule has 18 rings (SSSR count). The molecular formula is C85H55BN8. The minimum absolute atomic E-state index is 0.0453. The number of hydrogen-bond donors (Lipinski definition) is 0. The second kappa shape index (κ2) is 22.7. The van der Waals surface area contributed by atoms with E-state index in [-0.39, 0.29) is 6.71 Å². The first kappa shape index (κ1) is 54.4. The van der Waals surface area contributed by atoms with Gasteiger partial charge in [0.2, 0.25) is 0 Å². The van der Waals surface area contributed by atoms with Gasteiger partial charge in [0.1, 0.15) is 0 Å². The largest absolute Gasteiger partial charge is 0.311 e. The van der Waals surface area contributed by atoms with E-state index in [1.54, 1.807) is 0 Å². The number of fused-ring (bicyclic) bond motifs is 7. The van der Waals surface area contributed by atoms with Gasteiger partial charge in [-0.05, 0) is 124 Å². The molecule has 0 bridgehead atoms. The molecule has 0 radical (unpaired) electrons. The summed E-state index contributed by atoms with van der Waals surface area (Å²) in [6, 6.07) is 119. The van der Waals surface area contributed by atoms with Crippen LogP contribution in [0.25, 0.3) is 118 Å². The van der Waals surface area contributed by atoms with Crippen molar-refractivity contribution in [3.8, 4) is 96.0 Å². The zero-order valence-corrected chi connectivity index (χ0v) is 50.9. The molecule has 0 N–H and O–H groups in total. The molecule has 438 valence electrons. The maximum atomic E-state index is 5.79. The zero-order valence-electron chi connectivity index (χ0n) is 50.9. The molecule has 13 aromatic carbocycles. The van der Waals surface area contributed by atoms with Gasteiger partial charge in [-0.3, -0.25) is 0 Å². The summed E-state index contributed by atoms with van der Waals surface area (Å²) in [6.07, 6.45) is 0. The third-order valence-corrected chi connectivity index (χ3v) is 18.4. The van der Waals surface area contributed by atoms with E-state index in [1.165, 1.54) is 22.1 Å². The maximum absolute atomic E-state index is 5.79. The van der Waals surface area contributed by atoms with E-state index in [9.17, 15) is 0 Å². The Kier molecular flexibility index (Phi) is 13.1. The monoisotopic (exact) mass is 1200 g/mol. The van der Waals surface area contributed by atoms with Crippen molar-refractivity contribution < 1.29 is 0 Å². The quantitative estimate of drug-likeness (QED) is 0.119. The average molecular weight is 1200 g/mol. The molecule has 8 nitrogen and oxygen atoms in total. The Hall–Kier alpha value is -12.6. The van der Waals surface area contributed by atoms with E-state index in [0.717, 1.165) is 123 Å². The van der Waals surface area contributed by atoms with Crippen LogP contribution < -0.4 is 26.2 Å². The predicted octanol–water partition coefficient (Wildman–Crippen LogP) is 19.2. The van der Waals surface area contributed by atoms with Crippen molar-refractivity contribution in [3.63, 3.8) is 0 Å². The molecule has 16 aromatic rings. The SMILES string of the molecule is c1ccc(-c2ccc3c(c2)c2ccccc2n3-c2ccc(-c3nc(-c4ccccc4)nc(-c4ccccc4)n3)cc2-c2nc(-c3ccccc3)cc(-c3cccc(-c4ccc5c6c4N(c4ccccc4)c4ccccc4B6c4ccccc4N5c4ccccc4)c3)n2)cc1. The van der Waals surface area contributed by atoms with Crippen LogP contribution >= 0.6 is 0 Å². The molecule has 0 spiro atoms. The molecule has 0 atom stereocenters. The van der Waals surface area contributed by atoms with Crippen LogP contribution in [0.15, 0.2) is 334 Å². The molecule has 0 saturated carbocycles. The van der Waals surface area contributed by atoms with Crippen molar-refractivity contribution in [1.29, 1.82) is 0 Å². The summed E-state index contributed by atoms with van der Waals surface area (Å²) >= 11 is 0. The molecule has 0 aliphatic carbocycles. The second-order valence-electron chi connectivity index (χ2n) is 23.9. The van der Waals surface area contributed by atoms with Gasteiger partial charge in [-0.15, -0.1) is 0 Å². The van der Waals surface area contributed by atoms with Crippen molar-refractivity contribution in [2.45, 2.75) is 0 Å². The summed E-state index contributed by atoms with van der Waals surface area (Å²) in [7, 11) is 0. The second-order valence-corrected chi connectivity index (χ2v) is 23.9. The fourth-order valence-corrected chi connectivity index (χ4v) is 14.2. The van der Waals surface area contributed by atoms with Crippen molar-refractivity contribution in [1.82, 2.24) is 29.5 Å². The summed E-state index contributed by atoms with van der Waals surface area (Å²) < 4.78 is 2.37. The first-order valence-corrected chi connectivity index (χ1v) is 31.8. The zero-order chi connectivity index (χ0) is 62.1. The van der Waals surface area contributed by atoms with E-state index in [4.69, 9.17) is 24.9 Å². The first-order valence-electron chi connectivity index (χ1n) is 31.8. The van der Waals surface area contributed by atoms with Crippen molar-refractivity contribution in [2.75, 3.05) is 9.80 Å². The Bertz CT molecular complexity index is 5500. The van der Waals surface area contributed by atoms with E-state index in [0.29, 0.717) is 23.3 Å². The number of anilines is 6. The third kappa shape index (κ3) is 9.28. The van der Waals surface area contributed by atoms with Crippen LogP contribution in [0.2, 0.25) is 0 Å². The first-order chi connectivity index (χ1) is 46.6. The summed E-state index contributed by atoms with van der Waals surface area (Å²) in [6.45, 7) is -0.0453. The van der Waals surface area contributed by atoms with Crippen LogP contribution in [0.4, 0.5) is 34.1 Å². The van der Waals surface area contributed by atoms with Gasteiger partial charge in [0, 0.05) is 78.2 Å². The number of hydrogen-bond acceptors (Lipinski definition) is 7. The molecule has 0 amide bonds. The minimum Gasteiger partial charge on any atom is -0.311 e. The van der Waals surface area contributed by atoms with Gasteiger partial charge in [-0.25, -0.2) is 24.9 Å². The fraction of sp³-hybridized carbons (Fsp3) is 0. The fourth-order valence-electron chi connectivity index (χ4n) is 14.2. The predicted molar refractivity (Wildman–Crippen MR) is 387 cm³/mol. The van der Waals surface area contributed by atoms with Gasteiger partial charge in [-0.2, -0.15) is 0 Å². The Balaban J connectivity index is 0.872. The number of para-hydroxylation sites is 5. The highest BCUT2D eigenvalue weighted by Gasteiger charge is 2.44. The van der Waals surface area contributed by atoms with Crippen LogP contribution in [0.1, 0.15) is 0 Å². The van der Waals surface area contributed by atoms with Crippen molar-refractivity contribution in [2.24, 2.45) is 0 Å². The standard InChI is InChI=1S/C85H55BN8/c1-7-26-56(27-8-1)60-46-49-75-68(53-60)67-40-19-22-43-74(67)94(75)76-50-47-63(84-90-82(58-30-11-3-12-31-58)89-83(91-84)59-32-13-4-14-33-59)54-69(76)85-87-72(57-28-9-2-10-29-57)55-73(88-85)62-35-25-34-61(52-62)66-48-51-79-80-81(66)93(65-38-17-6-18-39-65)78-45-24-21-42-71(78)86(80)70-41-20-23-44-77(70)92(79)64-36-15-5-16-37-64/h1-55H. The summed E-state index contributed by atoms with van der Waals surface area (Å²) in [4.78, 5) is 32.0. The number of rotatable bonds is 11. The summed E-state index contributed by atoms with van der Waals surface area (Å²) in [5.74, 6) is 2.23. The summed E-state index contributed by atoms with van der Waals surface area (Å²) in [5.41, 5.74) is 24.9. The molecule has 2 aliphatic rings. The highest BCUT2D eigenvalue weighted by molar-refractivity contribution is 7.00. The maximum Gasteiger partial charge on any atom is 0.252 e. The van der Waals surface area contributed by atoms with E-state index < -0.39 is 0 Å². The molecule has 0 unspecified atom stereocenters. The molecular weight excluding hydrogens is 1140 g/mol. The Morgan fingerprint density at radius 2 is 0.723 bits per heavy atom. The lowest BCUT2D eigenvalue weighted by Gasteiger charge is -2.45. The third-order valence-electron chi connectivity index (χ3n) is 18.4. The molecule has 9 heteroatoms. The van der Waals surface area contributed by atoms with E-state index in [2.05, 4.69) is 287 Å². The van der Waals surface area contributed by atoms with E-state index in [1.807, 2.05) is 60.7 Å². The van der Waals surface area contributed by atoms with Gasteiger partial charge >= 0.3 is 0 Å². The van der Waals surface area contributed by atoms with Crippen LogP contribution in [0.3, 0.4) is 0 Å². The highest BCUT2D eigenvalue weighted by Crippen LogP contribution is 2.49. The van der Waals surface area contributed by atoms with Gasteiger partial charge in [0.15, 0.2) is 23.3 Å². The van der Waals surface area contributed by atoms with Gasteiger partial charge < -0.3 is 14.4 Å². The van der Waals surface area contributed by atoms with Crippen LogP contribution in [-0.4, -0.2) is 36.2 Å². The minimum atomic E-state index is -0.0453. The topological polar surface area (TPSA) is 75.9 Å². The normalized spacial score (nSPS) is 12.2. The molecule has 0 fully saturated rings. The van der Waals surface area contributed by atoms with Crippen LogP contribution in [0.5, 0.6) is 0 Å². The van der Waals surface area contributed by atoms with Gasteiger partial charge in [-0.1, -0.05) is 243 Å². The summed E-state index contributed by atoms with van der Waals surface area (Å²) in [5, 5.41) is 2.28. The van der Waals surface area contributed by atoms with Gasteiger partial charge in [0.25, 0.3) is 6.71 Å². The Morgan fingerprint density at radius 1 is 0.245 bits per heavy atom. The number of aromatic nitrogens is 6. The van der Waals surface area contributed by atoms with Crippen molar-refractivity contribution >= 4 is 79.0 Å². The number of nitrogens with zero attached hydrogens (tertiary/aromatic N) is 8. The molecule has 3 aromatic heterocycles. The lowest BCUT2D eigenvalue weighted by molar-refractivity contribution is 1.07. The van der Waals surface area contributed by atoms with E-state index >= 15 is 0 Å². The lowest BCUT2D eigenvalue weighted by atomic mass is 9.33. The smallest absolute Gasteiger partial charge is 0.252 e. The van der Waals surface area contributed by atoms with Crippen molar-refractivity contribution in [3.05, 3.63) is 334 Å². The highest BCUT2D eigenvalue weighted by atomic mass is 15.2. The van der Waals surface area contributed by atoms with Crippen LogP contribution in [-0.2, 0) is 0 Å². The Labute approximate surface area is 544 Å². The van der Waals surface area contributed by atoms with Gasteiger partial charge in [0.05, 0.1) is 33.8 Å². The lowest BCUT2D eigenvalue weighted by Crippen LogP contribution is -2.61. The Morgan fingerprint density at radius 3 is 1.37 bits per heavy atom. The van der Waals surface area contributed by atoms with Crippen LogP contribution in [0, 0.1) is 0 Å². The molecule has 0 saturated heterocycles. The number of benzene rings is 13. The average Bonchev–Trinajstić information content (AvgIpc) is 0.781. The molecule has 94 heavy (non-hydrogen) atoms.